The Kier molecular flexibility index (Phi) is 9.68. The number of aliphatic imine (C=N–C) groups is 1. The summed E-state index contributed by atoms with van der Waals surface area (Å²) in [5.74, 6) is 1.49. The van der Waals surface area contributed by atoms with E-state index in [9.17, 15) is 4.79 Å². The van der Waals surface area contributed by atoms with Crippen molar-refractivity contribution < 1.29 is 9.21 Å². The van der Waals surface area contributed by atoms with E-state index in [1.54, 1.807) is 12.3 Å². The molecule has 7 heteroatoms. The van der Waals surface area contributed by atoms with Gasteiger partial charge in [0.05, 0.1) is 19.4 Å². The van der Waals surface area contributed by atoms with E-state index < -0.39 is 0 Å². The molecule has 0 fully saturated rings. The van der Waals surface area contributed by atoms with E-state index in [1.165, 1.54) is 0 Å². The second-order valence-electron chi connectivity index (χ2n) is 5.19. The number of rotatable bonds is 7. The highest BCUT2D eigenvalue weighted by Gasteiger charge is 2.05. The van der Waals surface area contributed by atoms with Gasteiger partial charge in [0.25, 0.3) is 5.91 Å². The molecule has 0 atom stereocenters. The summed E-state index contributed by atoms with van der Waals surface area (Å²) < 4.78 is 5.30. The first-order valence-corrected chi connectivity index (χ1v) is 8.14. The molecule has 1 aromatic heterocycles. The fourth-order valence-electron chi connectivity index (χ4n) is 2.17. The Bertz CT molecular complexity index is 671. The van der Waals surface area contributed by atoms with Crippen LogP contribution in [0.3, 0.4) is 0 Å². The molecular formula is C18H25IN4O2. The maximum absolute atomic E-state index is 11.9. The van der Waals surface area contributed by atoms with E-state index in [0.29, 0.717) is 31.2 Å². The normalized spacial score (nSPS) is 10.7. The highest BCUT2D eigenvalue weighted by molar-refractivity contribution is 14.0. The molecule has 25 heavy (non-hydrogen) atoms. The zero-order valence-corrected chi connectivity index (χ0v) is 16.9. The van der Waals surface area contributed by atoms with Gasteiger partial charge in [0.2, 0.25) is 0 Å². The SMILES string of the molecule is CCNC(=O)c1cccc(CN=C(NCC)NCc2ccco2)c1.I. The molecule has 1 amide bonds. The number of nitrogens with zero attached hydrogens (tertiary/aromatic N) is 1. The molecule has 2 rings (SSSR count). The van der Waals surface area contributed by atoms with Gasteiger partial charge in [0, 0.05) is 18.7 Å². The standard InChI is InChI=1S/C18H24N4O2.HI/c1-3-19-17(23)15-8-5-7-14(11-15)12-21-18(20-4-2)22-13-16-9-6-10-24-16;/h5-11H,3-4,12-13H2,1-2H3,(H,19,23)(H2,20,21,22);1H. The zero-order chi connectivity index (χ0) is 17.2. The summed E-state index contributed by atoms with van der Waals surface area (Å²) in [6.07, 6.45) is 1.65. The third kappa shape index (κ3) is 7.16. The molecule has 136 valence electrons. The lowest BCUT2D eigenvalue weighted by Crippen LogP contribution is -2.36. The molecule has 6 nitrogen and oxygen atoms in total. The predicted octanol–water partition coefficient (Wildman–Crippen LogP) is 2.90. The van der Waals surface area contributed by atoms with Gasteiger partial charge >= 0.3 is 0 Å². The first kappa shape index (κ1) is 21.0. The van der Waals surface area contributed by atoms with Crippen molar-refractivity contribution in [1.82, 2.24) is 16.0 Å². The minimum absolute atomic E-state index is 0. The number of furan rings is 1. The smallest absolute Gasteiger partial charge is 0.251 e. The lowest BCUT2D eigenvalue weighted by Gasteiger charge is -2.10. The van der Waals surface area contributed by atoms with E-state index in [1.807, 2.05) is 44.2 Å². The number of hydrogen-bond acceptors (Lipinski definition) is 3. The second kappa shape index (κ2) is 11.5. The molecule has 3 N–H and O–H groups in total. The van der Waals surface area contributed by atoms with Crippen LogP contribution in [0.1, 0.15) is 35.5 Å². The van der Waals surface area contributed by atoms with Crippen molar-refractivity contribution in [3.63, 3.8) is 0 Å². The molecule has 2 aromatic rings. The van der Waals surface area contributed by atoms with E-state index in [4.69, 9.17) is 4.42 Å². The van der Waals surface area contributed by atoms with Gasteiger partial charge in [-0.1, -0.05) is 12.1 Å². The summed E-state index contributed by atoms with van der Waals surface area (Å²) in [5, 5.41) is 9.21. The molecule has 0 unspecified atom stereocenters. The van der Waals surface area contributed by atoms with E-state index in [-0.39, 0.29) is 29.9 Å². The average molecular weight is 456 g/mol. The molecule has 0 aliphatic heterocycles. The van der Waals surface area contributed by atoms with Gasteiger partial charge in [-0.3, -0.25) is 4.79 Å². The largest absolute Gasteiger partial charge is 0.467 e. The molecule has 0 saturated heterocycles. The maximum atomic E-state index is 11.9. The van der Waals surface area contributed by atoms with Crippen LogP contribution in [0, 0.1) is 0 Å². The molecule has 1 aromatic carbocycles. The lowest BCUT2D eigenvalue weighted by atomic mass is 10.1. The van der Waals surface area contributed by atoms with Crippen LogP contribution in [-0.2, 0) is 13.1 Å². The van der Waals surface area contributed by atoms with Crippen LogP contribution in [0.25, 0.3) is 0 Å². The lowest BCUT2D eigenvalue weighted by molar-refractivity contribution is 0.0955. The Morgan fingerprint density at radius 1 is 1.08 bits per heavy atom. The summed E-state index contributed by atoms with van der Waals surface area (Å²) in [6.45, 7) is 6.35. The Hall–Kier alpha value is -2.03. The van der Waals surface area contributed by atoms with Crippen molar-refractivity contribution in [2.45, 2.75) is 26.9 Å². The monoisotopic (exact) mass is 456 g/mol. The number of carbonyl (C=O) groups excluding carboxylic acids is 1. The van der Waals surface area contributed by atoms with Crippen LogP contribution in [0.4, 0.5) is 0 Å². The first-order chi connectivity index (χ1) is 11.7. The van der Waals surface area contributed by atoms with Gasteiger partial charge < -0.3 is 20.4 Å². The van der Waals surface area contributed by atoms with Crippen molar-refractivity contribution in [3.05, 3.63) is 59.5 Å². The molecular weight excluding hydrogens is 431 g/mol. The summed E-state index contributed by atoms with van der Waals surface area (Å²) >= 11 is 0. The maximum Gasteiger partial charge on any atom is 0.251 e. The summed E-state index contributed by atoms with van der Waals surface area (Å²) in [5.41, 5.74) is 1.63. The molecule has 0 spiro atoms. The van der Waals surface area contributed by atoms with Crippen molar-refractivity contribution in [1.29, 1.82) is 0 Å². The van der Waals surface area contributed by atoms with Crippen LogP contribution >= 0.6 is 24.0 Å². The minimum Gasteiger partial charge on any atom is -0.467 e. The average Bonchev–Trinajstić information content (AvgIpc) is 3.11. The van der Waals surface area contributed by atoms with Crippen LogP contribution < -0.4 is 16.0 Å². The van der Waals surface area contributed by atoms with Crippen LogP contribution in [0.2, 0.25) is 0 Å². The topological polar surface area (TPSA) is 78.7 Å². The van der Waals surface area contributed by atoms with Gasteiger partial charge in [-0.15, -0.1) is 24.0 Å². The van der Waals surface area contributed by atoms with Gasteiger partial charge in [-0.05, 0) is 43.7 Å². The number of amides is 1. The third-order valence-electron chi connectivity index (χ3n) is 3.30. The van der Waals surface area contributed by atoms with Crippen LogP contribution in [0.15, 0.2) is 52.1 Å². The Morgan fingerprint density at radius 2 is 1.88 bits per heavy atom. The number of hydrogen-bond donors (Lipinski definition) is 3. The van der Waals surface area contributed by atoms with Crippen molar-refractivity contribution in [3.8, 4) is 0 Å². The van der Waals surface area contributed by atoms with Gasteiger partial charge in [-0.2, -0.15) is 0 Å². The van der Waals surface area contributed by atoms with Crippen LogP contribution in [0.5, 0.6) is 0 Å². The van der Waals surface area contributed by atoms with E-state index >= 15 is 0 Å². The van der Waals surface area contributed by atoms with E-state index in [0.717, 1.165) is 17.9 Å². The second-order valence-corrected chi connectivity index (χ2v) is 5.19. The Morgan fingerprint density at radius 3 is 2.56 bits per heavy atom. The number of guanidine groups is 1. The number of nitrogens with one attached hydrogen (secondary N) is 3. The quantitative estimate of drug-likeness (QED) is 0.340. The molecule has 0 bridgehead atoms. The number of carbonyl (C=O) groups is 1. The van der Waals surface area contributed by atoms with Crippen molar-refractivity contribution in [2.24, 2.45) is 4.99 Å². The molecule has 0 radical (unpaired) electrons. The highest BCUT2D eigenvalue weighted by atomic mass is 127. The Labute approximate surface area is 165 Å². The first-order valence-electron chi connectivity index (χ1n) is 8.14. The Balaban J connectivity index is 0.00000312. The third-order valence-corrected chi connectivity index (χ3v) is 3.30. The fraction of sp³-hybridized carbons (Fsp3) is 0.333. The fourth-order valence-corrected chi connectivity index (χ4v) is 2.17. The zero-order valence-electron chi connectivity index (χ0n) is 14.5. The highest BCUT2D eigenvalue weighted by Crippen LogP contribution is 2.07. The molecule has 0 aliphatic carbocycles. The van der Waals surface area contributed by atoms with Crippen molar-refractivity contribution >= 4 is 35.8 Å². The molecule has 0 aliphatic rings. The summed E-state index contributed by atoms with van der Waals surface area (Å²) in [4.78, 5) is 16.4. The minimum atomic E-state index is -0.0637. The molecule has 1 heterocycles. The summed E-state index contributed by atoms with van der Waals surface area (Å²) in [6, 6.07) is 11.3. The number of halogens is 1. The predicted molar refractivity (Wildman–Crippen MR) is 110 cm³/mol. The van der Waals surface area contributed by atoms with Crippen molar-refractivity contribution in [2.75, 3.05) is 13.1 Å². The van der Waals surface area contributed by atoms with Gasteiger partial charge in [-0.25, -0.2) is 4.99 Å². The summed E-state index contributed by atoms with van der Waals surface area (Å²) in [7, 11) is 0. The molecule has 0 saturated carbocycles. The van der Waals surface area contributed by atoms with Gasteiger partial charge in [0.15, 0.2) is 5.96 Å². The van der Waals surface area contributed by atoms with E-state index in [2.05, 4.69) is 20.9 Å². The number of benzene rings is 1. The van der Waals surface area contributed by atoms with Gasteiger partial charge in [0.1, 0.15) is 5.76 Å². The van der Waals surface area contributed by atoms with Crippen LogP contribution in [-0.4, -0.2) is 25.0 Å².